The van der Waals surface area contributed by atoms with Gasteiger partial charge >= 0.3 is 0 Å². The average molecular weight is 241 g/mol. The van der Waals surface area contributed by atoms with Crippen molar-refractivity contribution in [1.29, 1.82) is 5.41 Å². The standard InChI is InChI=1S/C14H15N3O/c1-11-9-17(10-16-11)13-6-5-12(4-3-7-15)8-14(13)18-2/h3-10,15H,1-2H3/b4-3+,15-7?. The first kappa shape index (κ1) is 12.1. The van der Waals surface area contributed by atoms with E-state index in [4.69, 9.17) is 10.1 Å². The SMILES string of the molecule is COc1cc(/C=C/C=N)ccc1-n1cnc(C)c1. The summed E-state index contributed by atoms with van der Waals surface area (Å²) in [7, 11) is 1.65. The Morgan fingerprint density at radius 3 is 2.83 bits per heavy atom. The lowest BCUT2D eigenvalue weighted by atomic mass is 10.1. The molecule has 0 spiro atoms. The maximum absolute atomic E-state index is 6.97. The van der Waals surface area contributed by atoms with Crippen LogP contribution in [-0.4, -0.2) is 22.9 Å². The van der Waals surface area contributed by atoms with Crippen molar-refractivity contribution in [2.24, 2.45) is 0 Å². The predicted molar refractivity (Wildman–Crippen MR) is 72.7 cm³/mol. The number of aromatic nitrogens is 2. The van der Waals surface area contributed by atoms with E-state index in [-0.39, 0.29) is 0 Å². The fourth-order valence-electron chi connectivity index (χ4n) is 1.72. The minimum atomic E-state index is 0.777. The maximum atomic E-state index is 6.97. The first-order valence-corrected chi connectivity index (χ1v) is 5.60. The molecule has 0 bridgehead atoms. The van der Waals surface area contributed by atoms with E-state index in [0.717, 1.165) is 22.7 Å². The van der Waals surface area contributed by atoms with Gasteiger partial charge in [0.1, 0.15) is 5.75 Å². The molecule has 0 amide bonds. The van der Waals surface area contributed by atoms with Crippen LogP contribution in [0, 0.1) is 12.3 Å². The fraction of sp³-hybridized carbons (Fsp3) is 0.143. The number of hydrogen-bond acceptors (Lipinski definition) is 3. The largest absolute Gasteiger partial charge is 0.495 e. The third-order valence-corrected chi connectivity index (χ3v) is 2.58. The van der Waals surface area contributed by atoms with Gasteiger partial charge in [-0.1, -0.05) is 12.1 Å². The number of aryl methyl sites for hydroxylation is 1. The molecule has 2 rings (SSSR count). The van der Waals surface area contributed by atoms with Gasteiger partial charge in [0, 0.05) is 12.4 Å². The van der Waals surface area contributed by atoms with Crippen LogP contribution in [0.2, 0.25) is 0 Å². The molecule has 1 heterocycles. The normalized spacial score (nSPS) is 10.8. The lowest BCUT2D eigenvalue weighted by Gasteiger charge is -2.09. The second kappa shape index (κ2) is 5.31. The van der Waals surface area contributed by atoms with Crippen molar-refractivity contribution in [2.45, 2.75) is 6.92 Å². The molecule has 0 radical (unpaired) electrons. The van der Waals surface area contributed by atoms with Gasteiger partial charge in [-0.3, -0.25) is 0 Å². The first-order valence-electron chi connectivity index (χ1n) is 5.60. The van der Waals surface area contributed by atoms with Crippen molar-refractivity contribution >= 4 is 12.3 Å². The summed E-state index contributed by atoms with van der Waals surface area (Å²) >= 11 is 0. The van der Waals surface area contributed by atoms with Crippen LogP contribution in [0.25, 0.3) is 11.8 Å². The predicted octanol–water partition coefficient (Wildman–Crippen LogP) is 2.85. The molecule has 0 saturated heterocycles. The second-order valence-corrected chi connectivity index (χ2v) is 3.88. The number of nitrogens with zero attached hydrogens (tertiary/aromatic N) is 2. The number of methoxy groups -OCH3 is 1. The fourth-order valence-corrected chi connectivity index (χ4v) is 1.72. The van der Waals surface area contributed by atoms with Crippen LogP contribution in [0.4, 0.5) is 0 Å². The van der Waals surface area contributed by atoms with Gasteiger partial charge in [-0.15, -0.1) is 0 Å². The molecule has 0 fully saturated rings. The van der Waals surface area contributed by atoms with Crippen molar-refractivity contribution in [3.8, 4) is 11.4 Å². The Hall–Kier alpha value is -2.36. The van der Waals surface area contributed by atoms with Gasteiger partial charge in [0.15, 0.2) is 0 Å². The van der Waals surface area contributed by atoms with E-state index in [2.05, 4.69) is 4.98 Å². The zero-order valence-corrected chi connectivity index (χ0v) is 10.4. The van der Waals surface area contributed by atoms with Crippen LogP contribution >= 0.6 is 0 Å². The summed E-state index contributed by atoms with van der Waals surface area (Å²) in [4.78, 5) is 4.20. The lowest BCUT2D eigenvalue weighted by molar-refractivity contribution is 0.413. The van der Waals surface area contributed by atoms with Crippen LogP contribution < -0.4 is 4.74 Å². The summed E-state index contributed by atoms with van der Waals surface area (Å²) in [6.07, 6.45) is 8.50. The Bertz CT molecular complexity index is 584. The van der Waals surface area contributed by atoms with Crippen molar-refractivity contribution in [2.75, 3.05) is 7.11 Å². The zero-order valence-electron chi connectivity index (χ0n) is 10.4. The Morgan fingerprint density at radius 2 is 2.22 bits per heavy atom. The molecular formula is C14H15N3O. The third-order valence-electron chi connectivity index (χ3n) is 2.58. The highest BCUT2D eigenvalue weighted by molar-refractivity contribution is 5.76. The number of allylic oxidation sites excluding steroid dienone is 1. The molecule has 0 atom stereocenters. The Labute approximate surface area is 106 Å². The molecule has 4 heteroatoms. The van der Waals surface area contributed by atoms with Crippen molar-refractivity contribution in [3.05, 3.63) is 48.1 Å². The van der Waals surface area contributed by atoms with Crippen molar-refractivity contribution in [1.82, 2.24) is 9.55 Å². The van der Waals surface area contributed by atoms with E-state index in [9.17, 15) is 0 Å². The number of imidazole rings is 1. The molecule has 4 nitrogen and oxygen atoms in total. The third kappa shape index (κ3) is 2.48. The monoisotopic (exact) mass is 241 g/mol. The van der Waals surface area contributed by atoms with Gasteiger partial charge in [0.2, 0.25) is 0 Å². The maximum Gasteiger partial charge on any atom is 0.143 e. The number of ether oxygens (including phenoxy) is 1. The van der Waals surface area contributed by atoms with Gasteiger partial charge in [0.05, 0.1) is 24.8 Å². The van der Waals surface area contributed by atoms with Gasteiger partial charge in [-0.2, -0.15) is 0 Å². The van der Waals surface area contributed by atoms with Crippen LogP contribution in [0.15, 0.2) is 36.8 Å². The van der Waals surface area contributed by atoms with Gasteiger partial charge in [-0.05, 0) is 30.7 Å². The van der Waals surface area contributed by atoms with E-state index in [1.54, 1.807) is 19.5 Å². The van der Waals surface area contributed by atoms with E-state index in [1.165, 1.54) is 6.21 Å². The second-order valence-electron chi connectivity index (χ2n) is 3.88. The summed E-state index contributed by atoms with van der Waals surface area (Å²) in [6.45, 7) is 1.95. The van der Waals surface area contributed by atoms with Crippen LogP contribution in [0.5, 0.6) is 5.75 Å². The number of rotatable bonds is 4. The highest BCUT2D eigenvalue weighted by Crippen LogP contribution is 2.24. The van der Waals surface area contributed by atoms with E-state index < -0.39 is 0 Å². The number of hydrogen-bond donors (Lipinski definition) is 1. The molecule has 92 valence electrons. The first-order chi connectivity index (χ1) is 8.74. The van der Waals surface area contributed by atoms with Crippen LogP contribution in [0.3, 0.4) is 0 Å². The summed E-state index contributed by atoms with van der Waals surface area (Å²) in [5.74, 6) is 0.777. The van der Waals surface area contributed by atoms with Crippen molar-refractivity contribution in [3.63, 3.8) is 0 Å². The van der Waals surface area contributed by atoms with E-state index in [1.807, 2.05) is 42.0 Å². The van der Waals surface area contributed by atoms with Crippen LogP contribution in [0.1, 0.15) is 11.3 Å². The highest BCUT2D eigenvalue weighted by atomic mass is 16.5. The van der Waals surface area contributed by atoms with E-state index in [0.29, 0.717) is 0 Å². The minimum Gasteiger partial charge on any atom is -0.495 e. The highest BCUT2D eigenvalue weighted by Gasteiger charge is 2.05. The Morgan fingerprint density at radius 1 is 1.39 bits per heavy atom. The van der Waals surface area contributed by atoms with Gasteiger partial charge in [0.25, 0.3) is 0 Å². The Balaban J connectivity index is 2.43. The average Bonchev–Trinajstić information content (AvgIpc) is 2.82. The van der Waals surface area contributed by atoms with E-state index >= 15 is 0 Å². The molecule has 1 aromatic carbocycles. The lowest BCUT2D eigenvalue weighted by Crippen LogP contribution is -1.95. The topological polar surface area (TPSA) is 50.9 Å². The smallest absolute Gasteiger partial charge is 0.143 e. The molecule has 0 saturated carbocycles. The minimum absolute atomic E-state index is 0.777. The summed E-state index contributed by atoms with van der Waals surface area (Å²) in [5.41, 5.74) is 2.91. The molecule has 2 aromatic rings. The van der Waals surface area contributed by atoms with Gasteiger partial charge < -0.3 is 14.7 Å². The molecule has 0 aliphatic carbocycles. The van der Waals surface area contributed by atoms with Gasteiger partial charge in [-0.25, -0.2) is 4.98 Å². The Kier molecular flexibility index (Phi) is 3.57. The molecule has 1 aromatic heterocycles. The van der Waals surface area contributed by atoms with Crippen LogP contribution in [-0.2, 0) is 0 Å². The molecule has 0 aliphatic heterocycles. The summed E-state index contributed by atoms with van der Waals surface area (Å²) in [6, 6.07) is 5.89. The quantitative estimate of drug-likeness (QED) is 0.837. The zero-order chi connectivity index (χ0) is 13.0. The molecular weight excluding hydrogens is 226 g/mol. The van der Waals surface area contributed by atoms with Crippen molar-refractivity contribution < 1.29 is 4.74 Å². The molecule has 0 aliphatic rings. The number of benzene rings is 1. The molecule has 0 unspecified atom stereocenters. The summed E-state index contributed by atoms with van der Waals surface area (Å²) in [5, 5.41) is 6.97. The molecule has 1 N–H and O–H groups in total. The molecule has 18 heavy (non-hydrogen) atoms. The summed E-state index contributed by atoms with van der Waals surface area (Å²) < 4.78 is 7.32. The number of nitrogens with one attached hydrogen (secondary N) is 1.